The number of rotatable bonds is 4. The Morgan fingerprint density at radius 3 is 2.72 bits per heavy atom. The SMILES string of the molecule is CCN(CC1CCCO1)C(=O)c1ccc(I)cc1. The van der Waals surface area contributed by atoms with Gasteiger partial charge in [-0.25, -0.2) is 0 Å². The molecule has 4 heteroatoms. The molecule has 18 heavy (non-hydrogen) atoms. The lowest BCUT2D eigenvalue weighted by Gasteiger charge is -2.24. The standard InChI is InChI=1S/C14H18INO2/c1-2-16(10-13-4-3-9-18-13)14(17)11-5-7-12(15)8-6-11/h5-8,13H,2-4,9-10H2,1H3. The Balaban J connectivity index is 2.02. The molecule has 1 aliphatic rings. The van der Waals surface area contributed by atoms with Crippen molar-refractivity contribution in [2.24, 2.45) is 0 Å². The summed E-state index contributed by atoms with van der Waals surface area (Å²) < 4.78 is 6.74. The fourth-order valence-corrected chi connectivity index (χ4v) is 2.52. The summed E-state index contributed by atoms with van der Waals surface area (Å²) in [4.78, 5) is 14.2. The summed E-state index contributed by atoms with van der Waals surface area (Å²) in [6, 6.07) is 7.71. The first-order valence-electron chi connectivity index (χ1n) is 6.37. The number of likely N-dealkylation sites (N-methyl/N-ethyl adjacent to an activating group) is 1. The maximum Gasteiger partial charge on any atom is 0.253 e. The van der Waals surface area contributed by atoms with Crippen LogP contribution in [0.25, 0.3) is 0 Å². The van der Waals surface area contributed by atoms with Gasteiger partial charge in [-0.05, 0) is 66.6 Å². The Bertz CT molecular complexity index is 399. The molecule has 0 N–H and O–H groups in total. The predicted molar refractivity (Wildman–Crippen MR) is 79.7 cm³/mol. The molecule has 0 aromatic heterocycles. The van der Waals surface area contributed by atoms with Gasteiger partial charge in [0.1, 0.15) is 0 Å². The van der Waals surface area contributed by atoms with Crippen molar-refractivity contribution in [2.45, 2.75) is 25.9 Å². The molecule has 1 amide bonds. The van der Waals surface area contributed by atoms with Crippen LogP contribution < -0.4 is 0 Å². The molecule has 0 saturated carbocycles. The highest BCUT2D eigenvalue weighted by Crippen LogP contribution is 2.15. The first-order valence-corrected chi connectivity index (χ1v) is 7.45. The van der Waals surface area contributed by atoms with Crippen LogP contribution in [0.1, 0.15) is 30.1 Å². The minimum absolute atomic E-state index is 0.101. The summed E-state index contributed by atoms with van der Waals surface area (Å²) in [6.07, 6.45) is 2.40. The highest BCUT2D eigenvalue weighted by molar-refractivity contribution is 14.1. The van der Waals surface area contributed by atoms with E-state index in [4.69, 9.17) is 4.74 Å². The maximum atomic E-state index is 12.3. The molecule has 0 spiro atoms. The van der Waals surface area contributed by atoms with Crippen molar-refractivity contribution in [3.63, 3.8) is 0 Å². The second-order valence-electron chi connectivity index (χ2n) is 4.49. The van der Waals surface area contributed by atoms with Crippen molar-refractivity contribution in [1.82, 2.24) is 4.90 Å². The van der Waals surface area contributed by atoms with Crippen molar-refractivity contribution < 1.29 is 9.53 Å². The van der Waals surface area contributed by atoms with E-state index in [2.05, 4.69) is 22.6 Å². The molecule has 0 bridgehead atoms. The molecule has 1 unspecified atom stereocenters. The normalized spacial score (nSPS) is 18.9. The Morgan fingerprint density at radius 1 is 1.44 bits per heavy atom. The highest BCUT2D eigenvalue weighted by Gasteiger charge is 2.22. The number of halogens is 1. The molecule has 1 heterocycles. The third-order valence-electron chi connectivity index (χ3n) is 3.21. The van der Waals surface area contributed by atoms with Crippen LogP contribution in [-0.2, 0) is 4.74 Å². The first-order chi connectivity index (χ1) is 8.70. The zero-order valence-corrected chi connectivity index (χ0v) is 12.7. The van der Waals surface area contributed by atoms with Gasteiger partial charge in [0.15, 0.2) is 0 Å². The van der Waals surface area contributed by atoms with Crippen LogP contribution >= 0.6 is 22.6 Å². The fraction of sp³-hybridized carbons (Fsp3) is 0.500. The van der Waals surface area contributed by atoms with Crippen LogP contribution in [0, 0.1) is 3.57 Å². The zero-order valence-electron chi connectivity index (χ0n) is 10.6. The van der Waals surface area contributed by atoms with Crippen LogP contribution in [0.3, 0.4) is 0 Å². The van der Waals surface area contributed by atoms with E-state index in [-0.39, 0.29) is 12.0 Å². The first kappa shape index (κ1) is 13.8. The molecule has 1 aromatic carbocycles. The maximum absolute atomic E-state index is 12.3. The Hall–Kier alpha value is -0.620. The molecule has 1 aromatic rings. The van der Waals surface area contributed by atoms with Gasteiger partial charge in [0.05, 0.1) is 6.10 Å². The number of benzene rings is 1. The van der Waals surface area contributed by atoms with E-state index in [1.54, 1.807) is 0 Å². The van der Waals surface area contributed by atoms with Gasteiger partial charge in [-0.2, -0.15) is 0 Å². The van der Waals surface area contributed by atoms with Crippen molar-refractivity contribution in [2.75, 3.05) is 19.7 Å². The van der Waals surface area contributed by atoms with Crippen LogP contribution in [0.2, 0.25) is 0 Å². The topological polar surface area (TPSA) is 29.5 Å². The monoisotopic (exact) mass is 359 g/mol. The van der Waals surface area contributed by atoms with Crippen molar-refractivity contribution >= 4 is 28.5 Å². The molecule has 2 rings (SSSR count). The van der Waals surface area contributed by atoms with Gasteiger partial charge in [0.25, 0.3) is 5.91 Å². The fourth-order valence-electron chi connectivity index (χ4n) is 2.16. The van der Waals surface area contributed by atoms with E-state index in [0.717, 1.165) is 35.1 Å². The predicted octanol–water partition coefficient (Wildman–Crippen LogP) is 2.93. The molecule has 0 aliphatic carbocycles. The Kier molecular flexibility index (Phi) is 5.00. The number of carbonyl (C=O) groups is 1. The summed E-state index contributed by atoms with van der Waals surface area (Å²) in [5.74, 6) is 0.101. The quantitative estimate of drug-likeness (QED) is 0.774. The zero-order chi connectivity index (χ0) is 13.0. The summed E-state index contributed by atoms with van der Waals surface area (Å²) in [5.41, 5.74) is 0.760. The van der Waals surface area contributed by atoms with Crippen LogP contribution in [-0.4, -0.2) is 36.6 Å². The van der Waals surface area contributed by atoms with E-state index in [1.807, 2.05) is 36.1 Å². The smallest absolute Gasteiger partial charge is 0.253 e. The number of hydrogen-bond donors (Lipinski definition) is 0. The van der Waals surface area contributed by atoms with Gasteiger partial charge in [-0.1, -0.05) is 0 Å². The van der Waals surface area contributed by atoms with Crippen LogP contribution in [0.4, 0.5) is 0 Å². The van der Waals surface area contributed by atoms with Gasteiger partial charge in [0, 0.05) is 28.8 Å². The largest absolute Gasteiger partial charge is 0.376 e. The second kappa shape index (κ2) is 6.52. The molecular formula is C14H18INO2. The summed E-state index contributed by atoms with van der Waals surface area (Å²) in [6.45, 7) is 4.28. The van der Waals surface area contributed by atoms with Gasteiger partial charge in [0.2, 0.25) is 0 Å². The van der Waals surface area contributed by atoms with Crippen molar-refractivity contribution in [1.29, 1.82) is 0 Å². The number of amides is 1. The van der Waals surface area contributed by atoms with Gasteiger partial charge in [-0.3, -0.25) is 4.79 Å². The second-order valence-corrected chi connectivity index (χ2v) is 5.73. The molecule has 0 radical (unpaired) electrons. The number of nitrogens with zero attached hydrogens (tertiary/aromatic N) is 1. The third kappa shape index (κ3) is 3.45. The van der Waals surface area contributed by atoms with E-state index < -0.39 is 0 Å². The number of hydrogen-bond acceptors (Lipinski definition) is 2. The van der Waals surface area contributed by atoms with Crippen LogP contribution in [0.5, 0.6) is 0 Å². The van der Waals surface area contributed by atoms with Crippen molar-refractivity contribution in [3.05, 3.63) is 33.4 Å². The Morgan fingerprint density at radius 2 is 2.17 bits per heavy atom. The lowest BCUT2D eigenvalue weighted by molar-refractivity contribution is 0.0539. The van der Waals surface area contributed by atoms with Gasteiger partial charge in [-0.15, -0.1) is 0 Å². The Labute approximate surface area is 122 Å². The highest BCUT2D eigenvalue weighted by atomic mass is 127. The number of ether oxygens (including phenoxy) is 1. The van der Waals surface area contributed by atoms with Gasteiger partial charge < -0.3 is 9.64 Å². The molecule has 1 saturated heterocycles. The summed E-state index contributed by atoms with van der Waals surface area (Å²) in [7, 11) is 0. The minimum atomic E-state index is 0.101. The summed E-state index contributed by atoms with van der Waals surface area (Å²) >= 11 is 2.24. The minimum Gasteiger partial charge on any atom is -0.376 e. The molecule has 3 nitrogen and oxygen atoms in total. The van der Waals surface area contributed by atoms with Gasteiger partial charge >= 0.3 is 0 Å². The van der Waals surface area contributed by atoms with E-state index in [1.165, 1.54) is 0 Å². The molecule has 1 atom stereocenters. The molecule has 1 aliphatic heterocycles. The van der Waals surface area contributed by atoms with E-state index >= 15 is 0 Å². The van der Waals surface area contributed by atoms with Crippen molar-refractivity contribution in [3.8, 4) is 0 Å². The van der Waals surface area contributed by atoms with E-state index in [9.17, 15) is 4.79 Å². The lowest BCUT2D eigenvalue weighted by atomic mass is 10.1. The van der Waals surface area contributed by atoms with Crippen LogP contribution in [0.15, 0.2) is 24.3 Å². The molecule has 98 valence electrons. The van der Waals surface area contributed by atoms with E-state index in [0.29, 0.717) is 6.54 Å². The molecular weight excluding hydrogens is 341 g/mol. The lowest BCUT2D eigenvalue weighted by Crippen LogP contribution is -2.37. The number of carbonyl (C=O) groups excluding carboxylic acids is 1. The average molecular weight is 359 g/mol. The third-order valence-corrected chi connectivity index (χ3v) is 3.93. The average Bonchev–Trinajstić information content (AvgIpc) is 2.89. The summed E-state index contributed by atoms with van der Waals surface area (Å²) in [5, 5.41) is 0. The molecule has 1 fully saturated rings.